The van der Waals surface area contributed by atoms with Crippen LogP contribution in [-0.4, -0.2) is 29.4 Å². The Morgan fingerprint density at radius 1 is 0.806 bits per heavy atom. The molecule has 0 aliphatic rings. The number of unbranched alkanes of at least 4 members (excludes halogenated alkanes) is 8. The van der Waals surface area contributed by atoms with Crippen molar-refractivity contribution in [2.24, 2.45) is 10.2 Å². The van der Waals surface area contributed by atoms with Gasteiger partial charge in [-0.25, -0.2) is 9.18 Å². The maximum atomic E-state index is 14.2. The zero-order valence-corrected chi connectivity index (χ0v) is 17.8. The third kappa shape index (κ3) is 9.70. The van der Waals surface area contributed by atoms with Crippen LogP contribution < -0.4 is 4.74 Å². The minimum atomic E-state index is -1.01. The van der Waals surface area contributed by atoms with Crippen molar-refractivity contribution in [3.8, 4) is 5.75 Å². The first-order chi connectivity index (χ1) is 15.1. The van der Waals surface area contributed by atoms with Crippen molar-refractivity contribution >= 4 is 17.3 Å². The van der Waals surface area contributed by atoms with Crippen LogP contribution in [0.1, 0.15) is 68.1 Å². The Hall–Kier alpha value is -2.80. The SMILES string of the molecule is O=C(O)c1ccc(N=Nc2ccc(OCCCCCCCCCCCO)c(F)c2)cc1. The van der Waals surface area contributed by atoms with E-state index in [-0.39, 0.29) is 17.9 Å². The summed E-state index contributed by atoms with van der Waals surface area (Å²) < 4.78 is 19.7. The van der Waals surface area contributed by atoms with Gasteiger partial charge in [0.05, 0.1) is 23.5 Å². The summed E-state index contributed by atoms with van der Waals surface area (Å²) in [5.41, 5.74) is 1.00. The molecule has 0 bridgehead atoms. The Morgan fingerprint density at radius 3 is 1.94 bits per heavy atom. The quantitative estimate of drug-likeness (QED) is 0.239. The second-order valence-electron chi connectivity index (χ2n) is 7.42. The molecule has 31 heavy (non-hydrogen) atoms. The molecule has 2 rings (SSSR count). The van der Waals surface area contributed by atoms with Crippen molar-refractivity contribution < 1.29 is 24.1 Å². The fourth-order valence-electron chi connectivity index (χ4n) is 3.09. The molecule has 0 saturated heterocycles. The van der Waals surface area contributed by atoms with E-state index in [0.29, 0.717) is 18.0 Å². The monoisotopic (exact) mass is 430 g/mol. The number of halogens is 1. The van der Waals surface area contributed by atoms with Gasteiger partial charge in [-0.3, -0.25) is 0 Å². The van der Waals surface area contributed by atoms with Crippen LogP contribution in [0.4, 0.5) is 15.8 Å². The van der Waals surface area contributed by atoms with Gasteiger partial charge in [0.15, 0.2) is 11.6 Å². The number of aliphatic hydroxyl groups is 1. The van der Waals surface area contributed by atoms with Crippen LogP contribution in [0.2, 0.25) is 0 Å². The van der Waals surface area contributed by atoms with Gasteiger partial charge in [0.25, 0.3) is 0 Å². The number of azo groups is 1. The minimum absolute atomic E-state index is 0.167. The fraction of sp³-hybridized carbons (Fsp3) is 0.458. The second-order valence-corrected chi connectivity index (χ2v) is 7.42. The maximum Gasteiger partial charge on any atom is 0.335 e. The lowest BCUT2D eigenvalue weighted by Crippen LogP contribution is -1.99. The topological polar surface area (TPSA) is 91.5 Å². The predicted molar refractivity (Wildman–Crippen MR) is 118 cm³/mol. The molecule has 2 aromatic carbocycles. The number of aromatic carboxylic acids is 1. The smallest absolute Gasteiger partial charge is 0.335 e. The number of rotatable bonds is 15. The first-order valence-corrected chi connectivity index (χ1v) is 10.9. The Labute approximate surface area is 182 Å². The summed E-state index contributed by atoms with van der Waals surface area (Å²) >= 11 is 0. The van der Waals surface area contributed by atoms with Crippen molar-refractivity contribution in [3.05, 3.63) is 53.8 Å². The molecule has 168 valence electrons. The van der Waals surface area contributed by atoms with E-state index in [1.54, 1.807) is 12.1 Å². The molecule has 0 atom stereocenters. The normalized spacial score (nSPS) is 11.2. The minimum Gasteiger partial charge on any atom is -0.491 e. The largest absolute Gasteiger partial charge is 0.491 e. The Bertz CT molecular complexity index is 825. The standard InChI is InChI=1S/C24H31FN2O4/c25-22-18-21(27-26-20-12-10-19(11-13-20)24(29)30)14-15-23(22)31-17-9-7-5-3-1-2-4-6-8-16-28/h10-15,18,28H,1-9,16-17H2,(H,29,30). The first kappa shape index (κ1) is 24.5. The van der Waals surface area contributed by atoms with Crippen LogP contribution in [0.25, 0.3) is 0 Å². The number of carboxylic acids is 1. The van der Waals surface area contributed by atoms with E-state index < -0.39 is 11.8 Å². The molecule has 0 radical (unpaired) electrons. The molecular formula is C24H31FN2O4. The van der Waals surface area contributed by atoms with E-state index in [9.17, 15) is 9.18 Å². The van der Waals surface area contributed by atoms with E-state index in [4.69, 9.17) is 14.9 Å². The maximum absolute atomic E-state index is 14.2. The van der Waals surface area contributed by atoms with Gasteiger partial charge in [-0.1, -0.05) is 44.9 Å². The number of hydrogen-bond donors (Lipinski definition) is 2. The number of hydrogen-bond acceptors (Lipinski definition) is 5. The van der Waals surface area contributed by atoms with Crippen LogP contribution >= 0.6 is 0 Å². The molecule has 0 heterocycles. The number of aliphatic hydroxyl groups excluding tert-OH is 1. The highest BCUT2D eigenvalue weighted by Gasteiger charge is 2.05. The summed E-state index contributed by atoms with van der Waals surface area (Å²) in [6, 6.07) is 10.4. The van der Waals surface area contributed by atoms with Crippen molar-refractivity contribution in [3.63, 3.8) is 0 Å². The molecule has 0 aromatic heterocycles. The van der Waals surface area contributed by atoms with E-state index in [1.807, 2.05) is 0 Å². The Morgan fingerprint density at radius 2 is 1.35 bits per heavy atom. The first-order valence-electron chi connectivity index (χ1n) is 10.9. The average Bonchev–Trinajstić information content (AvgIpc) is 2.77. The number of nitrogens with zero attached hydrogens (tertiary/aromatic N) is 2. The van der Waals surface area contributed by atoms with E-state index in [2.05, 4.69) is 10.2 Å². The van der Waals surface area contributed by atoms with Crippen LogP contribution in [0, 0.1) is 5.82 Å². The molecule has 0 amide bonds. The van der Waals surface area contributed by atoms with Gasteiger partial charge in [0.1, 0.15) is 0 Å². The summed E-state index contributed by atoms with van der Waals surface area (Å²) in [6.07, 6.45) is 9.94. The van der Waals surface area contributed by atoms with Crippen LogP contribution in [0.15, 0.2) is 52.7 Å². The highest BCUT2D eigenvalue weighted by molar-refractivity contribution is 5.87. The van der Waals surface area contributed by atoms with E-state index in [1.165, 1.54) is 56.0 Å². The number of carboxylic acid groups (broad SMARTS) is 1. The van der Waals surface area contributed by atoms with Gasteiger partial charge in [-0.15, -0.1) is 0 Å². The Kier molecular flexibility index (Phi) is 11.2. The second kappa shape index (κ2) is 14.2. The third-order valence-electron chi connectivity index (χ3n) is 4.87. The molecule has 0 aliphatic carbocycles. The van der Waals surface area contributed by atoms with Crippen molar-refractivity contribution in [2.75, 3.05) is 13.2 Å². The molecule has 0 fully saturated rings. The van der Waals surface area contributed by atoms with Gasteiger partial charge >= 0.3 is 5.97 Å². The van der Waals surface area contributed by atoms with Crippen LogP contribution in [0.5, 0.6) is 5.75 Å². The van der Waals surface area contributed by atoms with Gasteiger partial charge in [0, 0.05) is 12.7 Å². The van der Waals surface area contributed by atoms with E-state index in [0.717, 1.165) is 32.1 Å². The number of carbonyl (C=O) groups is 1. The van der Waals surface area contributed by atoms with Crippen LogP contribution in [-0.2, 0) is 0 Å². The molecule has 6 nitrogen and oxygen atoms in total. The zero-order valence-electron chi connectivity index (χ0n) is 17.8. The van der Waals surface area contributed by atoms with Crippen molar-refractivity contribution in [1.29, 1.82) is 0 Å². The molecule has 2 aromatic rings. The lowest BCUT2D eigenvalue weighted by atomic mass is 10.1. The highest BCUT2D eigenvalue weighted by atomic mass is 19.1. The molecule has 7 heteroatoms. The Balaban J connectivity index is 1.66. The van der Waals surface area contributed by atoms with Gasteiger partial charge in [-0.2, -0.15) is 10.2 Å². The van der Waals surface area contributed by atoms with Crippen LogP contribution in [0.3, 0.4) is 0 Å². The summed E-state index contributed by atoms with van der Waals surface area (Å²) in [4.78, 5) is 10.8. The number of benzene rings is 2. The number of ether oxygens (including phenoxy) is 1. The van der Waals surface area contributed by atoms with Gasteiger partial charge in [-0.05, 0) is 49.2 Å². The summed E-state index contributed by atoms with van der Waals surface area (Å²) in [5, 5.41) is 25.6. The van der Waals surface area contributed by atoms with Gasteiger partial charge < -0.3 is 14.9 Å². The molecule has 0 spiro atoms. The molecular weight excluding hydrogens is 399 g/mol. The van der Waals surface area contributed by atoms with E-state index >= 15 is 0 Å². The summed E-state index contributed by atoms with van der Waals surface area (Å²) in [7, 11) is 0. The predicted octanol–water partition coefficient (Wildman–Crippen LogP) is 6.82. The molecule has 2 N–H and O–H groups in total. The lowest BCUT2D eigenvalue weighted by molar-refractivity contribution is 0.0697. The molecule has 0 aliphatic heterocycles. The third-order valence-corrected chi connectivity index (χ3v) is 4.87. The fourth-order valence-corrected chi connectivity index (χ4v) is 3.09. The molecule has 0 saturated carbocycles. The molecule has 0 unspecified atom stereocenters. The summed E-state index contributed by atoms with van der Waals surface area (Å²) in [5.74, 6) is -1.29. The van der Waals surface area contributed by atoms with Crippen molar-refractivity contribution in [1.82, 2.24) is 0 Å². The van der Waals surface area contributed by atoms with Crippen molar-refractivity contribution in [2.45, 2.75) is 57.8 Å². The lowest BCUT2D eigenvalue weighted by Gasteiger charge is -2.07. The summed E-state index contributed by atoms with van der Waals surface area (Å²) in [6.45, 7) is 0.766. The zero-order chi connectivity index (χ0) is 22.3. The van der Waals surface area contributed by atoms with Gasteiger partial charge in [0.2, 0.25) is 0 Å². The highest BCUT2D eigenvalue weighted by Crippen LogP contribution is 2.25. The average molecular weight is 431 g/mol.